The third-order valence-electron chi connectivity index (χ3n) is 3.34. The van der Waals surface area contributed by atoms with Gasteiger partial charge >= 0.3 is 0 Å². The summed E-state index contributed by atoms with van der Waals surface area (Å²) in [5, 5.41) is 1.20. The predicted octanol–water partition coefficient (Wildman–Crippen LogP) is 4.99. The number of aromatic amines is 1. The van der Waals surface area contributed by atoms with Gasteiger partial charge in [-0.25, -0.2) is 4.98 Å². The highest BCUT2D eigenvalue weighted by atomic mass is 35.5. The zero-order chi connectivity index (χ0) is 13.4. The molecule has 0 saturated heterocycles. The standard InChI is InChI=1S/C14H12Cl2N2S/c15-9-5-8(6-10(16)7-9)13-17-12-4-2-1-3-11(12)14(19)18-13/h5-7H,1-4H2,(H,17,18,19). The zero-order valence-corrected chi connectivity index (χ0v) is 12.5. The molecule has 0 atom stereocenters. The van der Waals surface area contributed by atoms with Crippen LogP contribution in [0.5, 0.6) is 0 Å². The lowest BCUT2D eigenvalue weighted by Crippen LogP contribution is -2.08. The Morgan fingerprint density at radius 3 is 2.47 bits per heavy atom. The van der Waals surface area contributed by atoms with E-state index < -0.39 is 0 Å². The molecule has 1 aromatic carbocycles. The normalized spacial score (nSPS) is 14.2. The Labute approximate surface area is 126 Å². The van der Waals surface area contributed by atoms with Crippen molar-refractivity contribution in [2.45, 2.75) is 25.7 Å². The van der Waals surface area contributed by atoms with Gasteiger partial charge in [-0.05, 0) is 43.9 Å². The number of hydrogen-bond acceptors (Lipinski definition) is 2. The number of H-pyrrole nitrogens is 1. The summed E-state index contributed by atoms with van der Waals surface area (Å²) in [4.78, 5) is 7.86. The lowest BCUT2D eigenvalue weighted by atomic mass is 9.97. The van der Waals surface area contributed by atoms with E-state index in [1.807, 2.05) is 12.1 Å². The highest BCUT2D eigenvalue weighted by Crippen LogP contribution is 2.27. The molecule has 0 fully saturated rings. The SMILES string of the molecule is S=c1nc(-c2cc(Cl)cc(Cl)c2)[nH]c2c1CCCC2. The maximum Gasteiger partial charge on any atom is 0.139 e. The van der Waals surface area contributed by atoms with Crippen molar-refractivity contribution in [1.82, 2.24) is 9.97 Å². The Bertz CT molecular complexity index is 674. The first kappa shape index (κ1) is 13.1. The van der Waals surface area contributed by atoms with E-state index in [1.165, 1.54) is 24.1 Å². The quantitative estimate of drug-likeness (QED) is 0.751. The van der Waals surface area contributed by atoms with Crippen molar-refractivity contribution in [3.05, 3.63) is 44.1 Å². The lowest BCUT2D eigenvalue weighted by molar-refractivity contribution is 0.661. The molecule has 1 heterocycles. The van der Waals surface area contributed by atoms with Gasteiger partial charge < -0.3 is 4.98 Å². The van der Waals surface area contributed by atoms with Crippen molar-refractivity contribution in [2.75, 3.05) is 0 Å². The fraction of sp³-hybridized carbons (Fsp3) is 0.286. The number of rotatable bonds is 1. The Morgan fingerprint density at radius 2 is 1.74 bits per heavy atom. The first-order valence-corrected chi connectivity index (χ1v) is 7.38. The fourth-order valence-electron chi connectivity index (χ4n) is 2.45. The van der Waals surface area contributed by atoms with Gasteiger partial charge in [-0.3, -0.25) is 0 Å². The van der Waals surface area contributed by atoms with Gasteiger partial charge in [-0.1, -0.05) is 35.4 Å². The number of nitrogens with zero attached hydrogens (tertiary/aromatic N) is 1. The van der Waals surface area contributed by atoms with Gasteiger partial charge in [-0.2, -0.15) is 0 Å². The second-order valence-corrected chi connectivity index (χ2v) is 5.97. The number of aryl methyl sites for hydroxylation is 1. The molecule has 5 heteroatoms. The average Bonchev–Trinajstić information content (AvgIpc) is 2.37. The zero-order valence-electron chi connectivity index (χ0n) is 10.2. The highest BCUT2D eigenvalue weighted by Gasteiger charge is 2.14. The fourth-order valence-corrected chi connectivity index (χ4v) is 3.29. The molecule has 1 aliphatic carbocycles. The second kappa shape index (κ2) is 5.23. The summed E-state index contributed by atoms with van der Waals surface area (Å²) in [5.41, 5.74) is 3.27. The molecule has 2 nitrogen and oxygen atoms in total. The Kier molecular flexibility index (Phi) is 3.61. The van der Waals surface area contributed by atoms with Gasteiger partial charge in [-0.15, -0.1) is 0 Å². The van der Waals surface area contributed by atoms with Crippen molar-refractivity contribution in [1.29, 1.82) is 0 Å². The van der Waals surface area contributed by atoms with Crippen LogP contribution >= 0.6 is 35.4 Å². The molecule has 1 N–H and O–H groups in total. The molecule has 19 heavy (non-hydrogen) atoms. The Balaban J connectivity index is 2.15. The summed E-state index contributed by atoms with van der Waals surface area (Å²) >= 11 is 17.5. The maximum absolute atomic E-state index is 6.03. The maximum atomic E-state index is 6.03. The van der Waals surface area contributed by atoms with Crippen LogP contribution in [0.15, 0.2) is 18.2 Å². The van der Waals surface area contributed by atoms with E-state index in [9.17, 15) is 0 Å². The van der Waals surface area contributed by atoms with Crippen LogP contribution in [-0.2, 0) is 12.8 Å². The van der Waals surface area contributed by atoms with E-state index in [0.717, 1.165) is 24.2 Å². The van der Waals surface area contributed by atoms with Crippen molar-refractivity contribution in [3.63, 3.8) is 0 Å². The van der Waals surface area contributed by atoms with Gasteiger partial charge in [0.15, 0.2) is 0 Å². The summed E-state index contributed by atoms with van der Waals surface area (Å²) in [6.07, 6.45) is 4.43. The van der Waals surface area contributed by atoms with E-state index in [1.54, 1.807) is 6.07 Å². The van der Waals surface area contributed by atoms with E-state index >= 15 is 0 Å². The van der Waals surface area contributed by atoms with Crippen LogP contribution in [0.1, 0.15) is 24.1 Å². The van der Waals surface area contributed by atoms with Gasteiger partial charge in [0.05, 0.1) is 0 Å². The number of halogens is 2. The van der Waals surface area contributed by atoms with Crippen LogP contribution in [0.25, 0.3) is 11.4 Å². The first-order chi connectivity index (χ1) is 9.13. The van der Waals surface area contributed by atoms with E-state index in [2.05, 4.69) is 9.97 Å². The minimum Gasteiger partial charge on any atom is -0.343 e. The second-order valence-electron chi connectivity index (χ2n) is 4.71. The summed E-state index contributed by atoms with van der Waals surface area (Å²) in [6.45, 7) is 0. The van der Waals surface area contributed by atoms with Gasteiger partial charge in [0.25, 0.3) is 0 Å². The molecule has 0 saturated carbocycles. The first-order valence-electron chi connectivity index (χ1n) is 6.22. The molecule has 0 unspecified atom stereocenters. The largest absolute Gasteiger partial charge is 0.343 e. The smallest absolute Gasteiger partial charge is 0.139 e. The van der Waals surface area contributed by atoms with Gasteiger partial charge in [0.2, 0.25) is 0 Å². The third-order valence-corrected chi connectivity index (χ3v) is 4.12. The lowest BCUT2D eigenvalue weighted by Gasteiger charge is -2.16. The van der Waals surface area contributed by atoms with Crippen LogP contribution in [-0.4, -0.2) is 9.97 Å². The molecular formula is C14H12Cl2N2S. The third kappa shape index (κ3) is 2.69. The molecule has 0 radical (unpaired) electrons. The summed E-state index contributed by atoms with van der Waals surface area (Å²) in [5.74, 6) is 0.745. The number of fused-ring (bicyclic) bond motifs is 1. The highest BCUT2D eigenvalue weighted by molar-refractivity contribution is 7.71. The number of benzene rings is 1. The topological polar surface area (TPSA) is 28.7 Å². The van der Waals surface area contributed by atoms with E-state index in [0.29, 0.717) is 14.7 Å². The van der Waals surface area contributed by atoms with Gasteiger partial charge in [0.1, 0.15) is 10.5 Å². The molecule has 2 aromatic rings. The molecule has 0 bridgehead atoms. The number of aromatic nitrogens is 2. The molecule has 1 aliphatic rings. The van der Waals surface area contributed by atoms with Crippen LogP contribution in [0.2, 0.25) is 10.0 Å². The molecule has 3 rings (SSSR count). The molecule has 1 aromatic heterocycles. The Morgan fingerprint density at radius 1 is 1.05 bits per heavy atom. The summed E-state index contributed by atoms with van der Waals surface area (Å²) < 4.78 is 0.694. The van der Waals surface area contributed by atoms with Gasteiger partial charge in [0, 0.05) is 26.9 Å². The van der Waals surface area contributed by atoms with Crippen molar-refractivity contribution >= 4 is 35.4 Å². The molecule has 0 aliphatic heterocycles. The molecular weight excluding hydrogens is 299 g/mol. The average molecular weight is 311 g/mol. The minimum atomic E-state index is 0.598. The summed E-state index contributed by atoms with van der Waals surface area (Å²) in [6, 6.07) is 5.39. The van der Waals surface area contributed by atoms with Crippen molar-refractivity contribution < 1.29 is 0 Å². The monoisotopic (exact) mass is 310 g/mol. The van der Waals surface area contributed by atoms with Crippen molar-refractivity contribution in [2.24, 2.45) is 0 Å². The predicted molar refractivity (Wildman–Crippen MR) is 81.5 cm³/mol. The Hall–Kier alpha value is -0.900. The van der Waals surface area contributed by atoms with Crippen LogP contribution in [0.4, 0.5) is 0 Å². The van der Waals surface area contributed by atoms with Crippen LogP contribution in [0.3, 0.4) is 0 Å². The summed E-state index contributed by atoms with van der Waals surface area (Å²) in [7, 11) is 0. The number of nitrogens with one attached hydrogen (secondary N) is 1. The molecule has 0 spiro atoms. The number of hydrogen-bond donors (Lipinski definition) is 1. The minimum absolute atomic E-state index is 0.598. The van der Waals surface area contributed by atoms with E-state index in [-0.39, 0.29) is 0 Å². The van der Waals surface area contributed by atoms with Crippen molar-refractivity contribution in [3.8, 4) is 11.4 Å². The van der Waals surface area contributed by atoms with Crippen LogP contribution in [0, 0.1) is 4.64 Å². The molecule has 0 amide bonds. The van der Waals surface area contributed by atoms with E-state index in [4.69, 9.17) is 35.4 Å². The molecule has 98 valence electrons. The van der Waals surface area contributed by atoms with Crippen LogP contribution < -0.4 is 0 Å².